The zero-order valence-corrected chi connectivity index (χ0v) is 12.5. The van der Waals surface area contributed by atoms with Crippen molar-refractivity contribution in [3.8, 4) is 0 Å². The molecule has 1 aromatic heterocycles. The fourth-order valence-electron chi connectivity index (χ4n) is 3.22. The van der Waals surface area contributed by atoms with Crippen LogP contribution in [0, 0.1) is 0 Å². The van der Waals surface area contributed by atoms with Crippen molar-refractivity contribution in [2.75, 3.05) is 13.1 Å². The monoisotopic (exact) mass is 276 g/mol. The van der Waals surface area contributed by atoms with Gasteiger partial charge >= 0.3 is 0 Å². The molecule has 0 bridgehead atoms. The summed E-state index contributed by atoms with van der Waals surface area (Å²) in [5.41, 5.74) is 1.25. The predicted molar refractivity (Wildman–Crippen MR) is 77.0 cm³/mol. The number of nitrogens with zero attached hydrogens (tertiary/aromatic N) is 4. The van der Waals surface area contributed by atoms with Crippen LogP contribution in [0.3, 0.4) is 0 Å². The Morgan fingerprint density at radius 3 is 2.85 bits per heavy atom. The number of aryl methyl sites for hydroxylation is 1. The van der Waals surface area contributed by atoms with Crippen LogP contribution in [0.4, 0.5) is 0 Å². The molecule has 0 N–H and O–H groups in total. The van der Waals surface area contributed by atoms with E-state index in [1.165, 1.54) is 31.4 Å². The highest BCUT2D eigenvalue weighted by Crippen LogP contribution is 2.29. The average Bonchev–Trinajstić information content (AvgIpc) is 3.03. The Balaban J connectivity index is 1.63. The lowest BCUT2D eigenvalue weighted by Gasteiger charge is -2.30. The summed E-state index contributed by atoms with van der Waals surface area (Å²) in [6.45, 7) is 4.68. The molecule has 5 heteroatoms. The number of likely N-dealkylation sites (tertiary alicyclic amines) is 1. The molecule has 2 aliphatic rings. The van der Waals surface area contributed by atoms with Gasteiger partial charge in [-0.2, -0.15) is 5.10 Å². The second kappa shape index (κ2) is 5.56. The first-order chi connectivity index (χ1) is 9.65. The number of rotatable bonds is 5. The highest BCUT2D eigenvalue weighted by Gasteiger charge is 2.35. The van der Waals surface area contributed by atoms with E-state index in [0.717, 1.165) is 19.6 Å². The SMILES string of the molecule is CC(=O)N(C[C@H]1CCCN1Cc1ccnn1C)C1CC1. The van der Waals surface area contributed by atoms with Crippen molar-refractivity contribution in [3.05, 3.63) is 18.0 Å². The van der Waals surface area contributed by atoms with Crippen molar-refractivity contribution in [1.82, 2.24) is 19.6 Å². The summed E-state index contributed by atoms with van der Waals surface area (Å²) in [6.07, 6.45) is 6.67. The summed E-state index contributed by atoms with van der Waals surface area (Å²) in [5.74, 6) is 0.236. The van der Waals surface area contributed by atoms with Gasteiger partial charge in [0.05, 0.1) is 5.69 Å². The first kappa shape index (κ1) is 13.6. The number of hydrogen-bond acceptors (Lipinski definition) is 3. The summed E-state index contributed by atoms with van der Waals surface area (Å²) >= 11 is 0. The minimum absolute atomic E-state index is 0.236. The van der Waals surface area contributed by atoms with Gasteiger partial charge in [0, 0.05) is 45.3 Å². The Bertz CT molecular complexity index is 480. The molecule has 0 spiro atoms. The zero-order valence-electron chi connectivity index (χ0n) is 12.5. The van der Waals surface area contributed by atoms with E-state index in [1.807, 2.05) is 17.9 Å². The molecule has 1 saturated heterocycles. The third-order valence-electron chi connectivity index (χ3n) is 4.59. The van der Waals surface area contributed by atoms with Gasteiger partial charge in [-0.1, -0.05) is 0 Å². The van der Waals surface area contributed by atoms with Crippen LogP contribution in [0.25, 0.3) is 0 Å². The van der Waals surface area contributed by atoms with Gasteiger partial charge in [-0.3, -0.25) is 14.4 Å². The first-order valence-corrected chi connectivity index (χ1v) is 7.63. The molecule has 110 valence electrons. The molecular formula is C15H24N4O. The smallest absolute Gasteiger partial charge is 0.219 e. The van der Waals surface area contributed by atoms with Crippen LogP contribution in [-0.4, -0.2) is 50.7 Å². The molecule has 3 rings (SSSR count). The number of aromatic nitrogens is 2. The molecule has 0 unspecified atom stereocenters. The van der Waals surface area contributed by atoms with E-state index in [1.54, 1.807) is 6.92 Å². The fraction of sp³-hybridized carbons (Fsp3) is 0.733. The van der Waals surface area contributed by atoms with E-state index in [-0.39, 0.29) is 5.91 Å². The Hall–Kier alpha value is -1.36. The normalized spacial score (nSPS) is 23.2. The lowest BCUT2D eigenvalue weighted by Crippen LogP contribution is -2.43. The molecule has 1 saturated carbocycles. The van der Waals surface area contributed by atoms with Gasteiger partial charge in [-0.05, 0) is 38.3 Å². The van der Waals surface area contributed by atoms with E-state index < -0.39 is 0 Å². The Kier molecular flexibility index (Phi) is 3.78. The summed E-state index contributed by atoms with van der Waals surface area (Å²) < 4.78 is 1.94. The van der Waals surface area contributed by atoms with Crippen molar-refractivity contribution >= 4 is 5.91 Å². The van der Waals surface area contributed by atoms with Crippen LogP contribution < -0.4 is 0 Å². The number of carbonyl (C=O) groups excluding carboxylic acids is 1. The molecule has 1 atom stereocenters. The predicted octanol–water partition coefficient (Wildman–Crippen LogP) is 1.40. The van der Waals surface area contributed by atoms with Gasteiger partial charge < -0.3 is 4.90 Å². The maximum Gasteiger partial charge on any atom is 0.219 e. The molecule has 5 nitrogen and oxygen atoms in total. The number of hydrogen-bond donors (Lipinski definition) is 0. The van der Waals surface area contributed by atoms with Crippen LogP contribution in [0.5, 0.6) is 0 Å². The molecule has 0 radical (unpaired) electrons. The molecule has 2 heterocycles. The van der Waals surface area contributed by atoms with E-state index in [2.05, 4.69) is 21.0 Å². The first-order valence-electron chi connectivity index (χ1n) is 7.63. The van der Waals surface area contributed by atoms with Crippen molar-refractivity contribution in [1.29, 1.82) is 0 Å². The van der Waals surface area contributed by atoms with E-state index in [9.17, 15) is 4.79 Å². The van der Waals surface area contributed by atoms with Gasteiger partial charge in [0.15, 0.2) is 0 Å². The third-order valence-corrected chi connectivity index (χ3v) is 4.59. The quantitative estimate of drug-likeness (QED) is 0.816. The summed E-state index contributed by atoms with van der Waals surface area (Å²) in [5, 5.41) is 4.24. The van der Waals surface area contributed by atoms with Crippen LogP contribution in [0.1, 0.15) is 38.3 Å². The number of amides is 1. The van der Waals surface area contributed by atoms with Crippen molar-refractivity contribution < 1.29 is 4.79 Å². The second-order valence-corrected chi connectivity index (χ2v) is 6.12. The third kappa shape index (κ3) is 2.87. The van der Waals surface area contributed by atoms with Crippen LogP contribution in [0.15, 0.2) is 12.3 Å². The topological polar surface area (TPSA) is 41.4 Å². The van der Waals surface area contributed by atoms with E-state index >= 15 is 0 Å². The molecule has 1 aliphatic carbocycles. The van der Waals surface area contributed by atoms with Crippen molar-refractivity contribution in [2.45, 2.75) is 51.2 Å². The molecule has 1 amide bonds. The van der Waals surface area contributed by atoms with Crippen molar-refractivity contribution in [3.63, 3.8) is 0 Å². The lowest BCUT2D eigenvalue weighted by atomic mass is 10.2. The highest BCUT2D eigenvalue weighted by molar-refractivity contribution is 5.74. The highest BCUT2D eigenvalue weighted by atomic mass is 16.2. The summed E-state index contributed by atoms with van der Waals surface area (Å²) in [6, 6.07) is 3.11. The van der Waals surface area contributed by atoms with E-state index in [0.29, 0.717) is 12.1 Å². The minimum Gasteiger partial charge on any atom is -0.338 e. The molecule has 0 aromatic carbocycles. The fourth-order valence-corrected chi connectivity index (χ4v) is 3.22. The maximum absolute atomic E-state index is 11.8. The molecule has 20 heavy (non-hydrogen) atoms. The molecular weight excluding hydrogens is 252 g/mol. The van der Waals surface area contributed by atoms with Crippen molar-refractivity contribution in [2.24, 2.45) is 7.05 Å². The van der Waals surface area contributed by atoms with E-state index in [4.69, 9.17) is 0 Å². The Morgan fingerprint density at radius 2 is 2.25 bits per heavy atom. The zero-order chi connectivity index (χ0) is 14.1. The second-order valence-electron chi connectivity index (χ2n) is 6.12. The van der Waals surface area contributed by atoms with Gasteiger partial charge in [0.25, 0.3) is 0 Å². The minimum atomic E-state index is 0.236. The molecule has 1 aliphatic heterocycles. The summed E-state index contributed by atoms with van der Waals surface area (Å²) in [7, 11) is 1.99. The van der Waals surface area contributed by atoms with Crippen LogP contribution in [-0.2, 0) is 18.4 Å². The van der Waals surface area contributed by atoms with Gasteiger partial charge in [0.1, 0.15) is 0 Å². The maximum atomic E-state index is 11.8. The van der Waals surface area contributed by atoms with Gasteiger partial charge in [-0.15, -0.1) is 0 Å². The Morgan fingerprint density at radius 1 is 1.45 bits per heavy atom. The Labute approximate surface area is 120 Å². The average molecular weight is 276 g/mol. The van der Waals surface area contributed by atoms with Gasteiger partial charge in [-0.25, -0.2) is 0 Å². The lowest BCUT2D eigenvalue weighted by molar-refractivity contribution is -0.130. The summed E-state index contributed by atoms with van der Waals surface area (Å²) in [4.78, 5) is 16.4. The standard InChI is InChI=1S/C15H24N4O/c1-12(20)19(13-5-6-13)11-15-4-3-9-18(15)10-14-7-8-16-17(14)2/h7-8,13,15H,3-6,9-11H2,1-2H3/t15-/m1/s1. The van der Waals surface area contributed by atoms with Gasteiger partial charge in [0.2, 0.25) is 5.91 Å². The molecule has 2 fully saturated rings. The van der Waals surface area contributed by atoms with Crippen LogP contribution >= 0.6 is 0 Å². The molecule has 1 aromatic rings. The largest absolute Gasteiger partial charge is 0.338 e. The number of carbonyl (C=O) groups is 1. The van der Waals surface area contributed by atoms with Crippen LogP contribution in [0.2, 0.25) is 0 Å².